The number of aromatic nitrogens is 2. The van der Waals surface area contributed by atoms with Crippen molar-refractivity contribution in [1.29, 1.82) is 5.26 Å². The van der Waals surface area contributed by atoms with Gasteiger partial charge in [0, 0.05) is 17.0 Å². The molecule has 0 saturated heterocycles. The molecule has 6 heteroatoms. The number of aliphatic carboxylic acids is 1. The Balaban J connectivity index is 1.75. The molecule has 1 fully saturated rings. The molecule has 4 aromatic rings. The predicted molar refractivity (Wildman–Crippen MR) is 134 cm³/mol. The van der Waals surface area contributed by atoms with Gasteiger partial charge in [0.2, 0.25) is 0 Å². The van der Waals surface area contributed by atoms with Crippen LogP contribution in [0.15, 0.2) is 72.9 Å². The Hall–Kier alpha value is -4.50. The Morgan fingerprint density at radius 3 is 2.51 bits per heavy atom. The van der Waals surface area contributed by atoms with E-state index < -0.39 is 11.8 Å². The summed E-state index contributed by atoms with van der Waals surface area (Å²) in [5.74, 6) is -1.22. The topological polar surface area (TPSA) is 89.8 Å². The molecule has 3 aromatic carbocycles. The number of aromatic amines is 1. The Morgan fingerprint density at radius 2 is 1.86 bits per heavy atom. The number of nitriles is 1. The number of nitrogens with zero attached hydrogens (tertiary/aromatic N) is 2. The fourth-order valence-corrected chi connectivity index (χ4v) is 4.56. The minimum Gasteiger partial charge on any atom is -0.478 e. The molecule has 0 spiro atoms. The summed E-state index contributed by atoms with van der Waals surface area (Å²) in [5, 5.41) is 26.2. The minimum absolute atomic E-state index is 0.194. The van der Waals surface area contributed by atoms with Crippen molar-refractivity contribution in [3.63, 3.8) is 0 Å². The van der Waals surface area contributed by atoms with Crippen molar-refractivity contribution in [2.75, 3.05) is 0 Å². The second-order valence-corrected chi connectivity index (χ2v) is 8.69. The van der Waals surface area contributed by atoms with Gasteiger partial charge in [-0.15, -0.1) is 0 Å². The molecule has 0 atom stereocenters. The third-order valence-electron chi connectivity index (χ3n) is 6.52. The molecular weight excluding hydrogens is 441 g/mol. The highest BCUT2D eigenvalue weighted by Gasteiger charge is 2.29. The number of halogens is 1. The van der Waals surface area contributed by atoms with Crippen LogP contribution in [-0.2, 0) is 4.79 Å². The van der Waals surface area contributed by atoms with Crippen LogP contribution in [0.4, 0.5) is 4.39 Å². The summed E-state index contributed by atoms with van der Waals surface area (Å²) < 4.78 is 15.4. The Bertz CT molecular complexity index is 1520. The fourth-order valence-electron chi connectivity index (χ4n) is 4.56. The molecule has 0 bridgehead atoms. The van der Waals surface area contributed by atoms with Gasteiger partial charge >= 0.3 is 5.97 Å². The van der Waals surface area contributed by atoms with Gasteiger partial charge in [-0.25, -0.2) is 9.18 Å². The summed E-state index contributed by atoms with van der Waals surface area (Å²) in [4.78, 5) is 10.9. The van der Waals surface area contributed by atoms with E-state index in [1.165, 1.54) is 6.07 Å². The molecule has 0 amide bonds. The SMILES string of the molecule is N#Cc1ccc(/C(=C(\c2ccc(/C=C/C(=O)O)cc2)c2ccc3[nH]ncc3c2)C2CCC2)c(F)c1. The first-order chi connectivity index (χ1) is 17.0. The van der Waals surface area contributed by atoms with E-state index in [2.05, 4.69) is 10.2 Å². The highest BCUT2D eigenvalue weighted by Crippen LogP contribution is 2.46. The molecule has 0 unspecified atom stereocenters. The first-order valence-corrected chi connectivity index (χ1v) is 11.4. The summed E-state index contributed by atoms with van der Waals surface area (Å²) in [6, 6.07) is 20.3. The lowest BCUT2D eigenvalue weighted by molar-refractivity contribution is -0.131. The normalized spacial score (nSPS) is 14.5. The van der Waals surface area contributed by atoms with Crippen molar-refractivity contribution in [2.45, 2.75) is 19.3 Å². The number of fused-ring (bicyclic) bond motifs is 1. The van der Waals surface area contributed by atoms with E-state index in [0.29, 0.717) is 5.56 Å². The number of hydrogen-bond acceptors (Lipinski definition) is 3. The van der Waals surface area contributed by atoms with Gasteiger partial charge in [-0.05, 0) is 76.9 Å². The van der Waals surface area contributed by atoms with E-state index in [9.17, 15) is 10.1 Å². The van der Waals surface area contributed by atoms with Crippen LogP contribution < -0.4 is 0 Å². The van der Waals surface area contributed by atoms with Crippen molar-refractivity contribution in [2.24, 2.45) is 5.92 Å². The molecule has 35 heavy (non-hydrogen) atoms. The number of benzene rings is 3. The number of nitrogens with one attached hydrogen (secondary N) is 1. The molecule has 2 N–H and O–H groups in total. The molecule has 1 heterocycles. The van der Waals surface area contributed by atoms with Gasteiger partial charge in [-0.3, -0.25) is 5.10 Å². The third-order valence-corrected chi connectivity index (χ3v) is 6.52. The van der Waals surface area contributed by atoms with Gasteiger partial charge in [-0.1, -0.05) is 42.8 Å². The van der Waals surface area contributed by atoms with Gasteiger partial charge in [0.05, 0.1) is 23.3 Å². The van der Waals surface area contributed by atoms with Crippen LogP contribution in [0.25, 0.3) is 28.1 Å². The molecule has 1 saturated carbocycles. The van der Waals surface area contributed by atoms with Crippen molar-refractivity contribution < 1.29 is 14.3 Å². The quantitative estimate of drug-likeness (QED) is 0.255. The first kappa shape index (κ1) is 22.3. The second-order valence-electron chi connectivity index (χ2n) is 8.69. The van der Waals surface area contributed by atoms with Gasteiger partial charge in [0.1, 0.15) is 5.82 Å². The van der Waals surface area contributed by atoms with E-state index in [0.717, 1.165) is 64.1 Å². The number of allylic oxidation sites excluding steroid dienone is 1. The lowest BCUT2D eigenvalue weighted by atomic mass is 9.73. The van der Waals surface area contributed by atoms with Crippen molar-refractivity contribution >= 4 is 34.1 Å². The van der Waals surface area contributed by atoms with Gasteiger partial charge in [0.15, 0.2) is 0 Å². The molecule has 5 rings (SSSR count). The molecule has 0 aliphatic heterocycles. The lowest BCUT2D eigenvalue weighted by Crippen LogP contribution is -2.16. The maximum atomic E-state index is 15.4. The predicted octanol–water partition coefficient (Wildman–Crippen LogP) is 6.43. The number of H-pyrrole nitrogens is 1. The van der Waals surface area contributed by atoms with E-state index >= 15 is 4.39 Å². The minimum atomic E-state index is -1.01. The van der Waals surface area contributed by atoms with Crippen molar-refractivity contribution in [1.82, 2.24) is 10.2 Å². The molecule has 1 aliphatic rings. The standard InChI is InChI=1S/C29H22FN3O2/c30-25-14-19(16-31)6-11-24(25)29(20-2-1-3-20)28(22-10-12-26-23(15-22)17-32-33-26)21-8-4-18(5-9-21)7-13-27(34)35/h4-15,17,20H,1-3H2,(H,32,33)(H,34,35)/b13-7+,29-28+. The van der Waals surface area contributed by atoms with Crippen LogP contribution >= 0.6 is 0 Å². The molecular formula is C29H22FN3O2. The monoisotopic (exact) mass is 463 g/mol. The van der Waals surface area contributed by atoms with Gasteiger partial charge in [0.25, 0.3) is 0 Å². The number of carboxylic acids is 1. The lowest BCUT2D eigenvalue weighted by Gasteiger charge is -2.32. The summed E-state index contributed by atoms with van der Waals surface area (Å²) in [6.45, 7) is 0. The largest absolute Gasteiger partial charge is 0.478 e. The van der Waals surface area contributed by atoms with Crippen LogP contribution in [0.3, 0.4) is 0 Å². The highest BCUT2D eigenvalue weighted by atomic mass is 19.1. The smallest absolute Gasteiger partial charge is 0.328 e. The summed E-state index contributed by atoms with van der Waals surface area (Å²) in [6.07, 6.45) is 7.42. The zero-order chi connectivity index (χ0) is 24.4. The fraction of sp³-hybridized carbons (Fsp3) is 0.138. The van der Waals surface area contributed by atoms with Gasteiger partial charge < -0.3 is 5.11 Å². The van der Waals surface area contributed by atoms with E-state index in [1.807, 2.05) is 48.5 Å². The van der Waals surface area contributed by atoms with Crippen molar-refractivity contribution in [3.8, 4) is 6.07 Å². The van der Waals surface area contributed by atoms with E-state index in [1.54, 1.807) is 24.4 Å². The van der Waals surface area contributed by atoms with Gasteiger partial charge in [-0.2, -0.15) is 10.4 Å². The average molecular weight is 464 g/mol. The maximum absolute atomic E-state index is 15.4. The summed E-state index contributed by atoms with van der Waals surface area (Å²) >= 11 is 0. The van der Waals surface area contributed by atoms with Crippen LogP contribution in [-0.4, -0.2) is 21.3 Å². The Labute approximate surface area is 201 Å². The molecule has 1 aliphatic carbocycles. The van der Waals surface area contributed by atoms with E-state index in [-0.39, 0.29) is 11.5 Å². The van der Waals surface area contributed by atoms with Crippen LogP contribution in [0.5, 0.6) is 0 Å². The van der Waals surface area contributed by atoms with E-state index in [4.69, 9.17) is 5.11 Å². The Kier molecular flexibility index (Phi) is 5.99. The zero-order valence-electron chi connectivity index (χ0n) is 18.8. The number of carbonyl (C=O) groups is 1. The first-order valence-electron chi connectivity index (χ1n) is 11.4. The average Bonchev–Trinajstić information content (AvgIpc) is 3.30. The van der Waals surface area contributed by atoms with Crippen LogP contribution in [0.2, 0.25) is 0 Å². The summed E-state index contributed by atoms with van der Waals surface area (Å²) in [7, 11) is 0. The van der Waals surface area contributed by atoms with Crippen molar-refractivity contribution in [3.05, 3.63) is 107 Å². The highest BCUT2D eigenvalue weighted by molar-refractivity contribution is 6.01. The number of rotatable bonds is 6. The van der Waals surface area contributed by atoms with Crippen LogP contribution in [0, 0.1) is 23.1 Å². The summed E-state index contributed by atoms with van der Waals surface area (Å²) in [5.41, 5.74) is 6.17. The molecule has 0 radical (unpaired) electrons. The molecule has 1 aromatic heterocycles. The zero-order valence-corrected chi connectivity index (χ0v) is 18.8. The van der Waals surface area contributed by atoms with Crippen LogP contribution in [0.1, 0.15) is 47.1 Å². The third kappa shape index (κ3) is 4.49. The Morgan fingerprint density at radius 1 is 1.09 bits per heavy atom. The number of hydrogen-bond donors (Lipinski definition) is 2. The molecule has 172 valence electrons. The maximum Gasteiger partial charge on any atom is 0.328 e. The number of carboxylic acid groups (broad SMARTS) is 1. The second kappa shape index (κ2) is 9.40. The molecule has 5 nitrogen and oxygen atoms in total.